The summed E-state index contributed by atoms with van der Waals surface area (Å²) < 4.78 is 5.18. The van der Waals surface area contributed by atoms with Crippen molar-refractivity contribution >= 4 is 40.3 Å². The van der Waals surface area contributed by atoms with Crippen LogP contribution in [0.2, 0.25) is 0 Å². The van der Waals surface area contributed by atoms with E-state index in [2.05, 4.69) is 34.5 Å². The van der Waals surface area contributed by atoms with Crippen LogP contribution in [-0.4, -0.2) is 84.5 Å². The number of rotatable bonds is 13. The lowest BCUT2D eigenvalue weighted by atomic mass is 10.0. The molecule has 36 heavy (non-hydrogen) atoms. The summed E-state index contributed by atoms with van der Waals surface area (Å²) in [4.78, 5) is 41.9. The highest BCUT2D eigenvalue weighted by Crippen LogP contribution is 2.23. The van der Waals surface area contributed by atoms with Crippen molar-refractivity contribution in [2.75, 3.05) is 44.8 Å². The molecule has 0 radical (unpaired) electrons. The molecule has 1 aliphatic heterocycles. The highest BCUT2D eigenvalue weighted by molar-refractivity contribution is 7.98. The lowest BCUT2D eigenvalue weighted by Crippen LogP contribution is -2.49. The minimum Gasteiger partial charge on any atom is -0.464 e. The quantitative estimate of drug-likeness (QED) is 0.396. The molecule has 2 aromatic carbocycles. The van der Waals surface area contributed by atoms with Crippen LogP contribution in [0.4, 0.5) is 0 Å². The molecule has 0 spiro atoms. The molecule has 1 heterocycles. The van der Waals surface area contributed by atoms with Crippen LogP contribution < -0.4 is 11.1 Å². The number of nitrogens with one attached hydrogen (secondary N) is 1. The Hall–Kier alpha value is -2.62. The third-order valence-corrected chi connectivity index (χ3v) is 7.14. The SMILES string of the molecule is CCOC(=O)[C@H](CCSC)NC(=O)CN(Cc1cccc2ccccc12)C[C@@H]1CCCN1C(=O)CN. The molecule has 0 bridgehead atoms. The number of hydrogen-bond donors (Lipinski definition) is 2. The van der Waals surface area contributed by atoms with Crippen LogP contribution in [0.3, 0.4) is 0 Å². The molecule has 2 atom stereocenters. The lowest BCUT2D eigenvalue weighted by Gasteiger charge is -2.31. The number of ether oxygens (including phenoxy) is 1. The average molecular weight is 515 g/mol. The summed E-state index contributed by atoms with van der Waals surface area (Å²) in [5.41, 5.74) is 6.76. The molecule has 0 aliphatic carbocycles. The summed E-state index contributed by atoms with van der Waals surface area (Å²) in [6, 6.07) is 13.7. The van der Waals surface area contributed by atoms with Crippen molar-refractivity contribution in [1.82, 2.24) is 15.1 Å². The Morgan fingerprint density at radius 3 is 2.75 bits per heavy atom. The van der Waals surface area contributed by atoms with Gasteiger partial charge in [-0.1, -0.05) is 42.5 Å². The van der Waals surface area contributed by atoms with Crippen LogP contribution in [0.15, 0.2) is 42.5 Å². The van der Waals surface area contributed by atoms with Gasteiger partial charge in [0.25, 0.3) is 0 Å². The number of carbonyl (C=O) groups excluding carboxylic acids is 3. The van der Waals surface area contributed by atoms with E-state index in [1.807, 2.05) is 29.4 Å². The largest absolute Gasteiger partial charge is 0.464 e. The molecule has 0 unspecified atom stereocenters. The number of likely N-dealkylation sites (tertiary alicyclic amines) is 1. The zero-order valence-electron chi connectivity index (χ0n) is 21.3. The van der Waals surface area contributed by atoms with E-state index in [1.165, 1.54) is 0 Å². The second-order valence-electron chi connectivity index (χ2n) is 9.05. The summed E-state index contributed by atoms with van der Waals surface area (Å²) in [5, 5.41) is 5.16. The van der Waals surface area contributed by atoms with Crippen molar-refractivity contribution < 1.29 is 19.1 Å². The van der Waals surface area contributed by atoms with Gasteiger partial charge in [-0.05, 0) is 54.5 Å². The monoisotopic (exact) mass is 514 g/mol. The van der Waals surface area contributed by atoms with E-state index >= 15 is 0 Å². The van der Waals surface area contributed by atoms with Crippen LogP contribution in [0.5, 0.6) is 0 Å². The van der Waals surface area contributed by atoms with Gasteiger partial charge >= 0.3 is 5.97 Å². The predicted molar refractivity (Wildman–Crippen MR) is 145 cm³/mol. The van der Waals surface area contributed by atoms with Crippen LogP contribution in [-0.2, 0) is 25.7 Å². The Labute approximate surface area is 217 Å². The topological polar surface area (TPSA) is 105 Å². The Morgan fingerprint density at radius 2 is 2.00 bits per heavy atom. The van der Waals surface area contributed by atoms with Gasteiger partial charge in [-0.25, -0.2) is 4.79 Å². The highest BCUT2D eigenvalue weighted by atomic mass is 32.2. The van der Waals surface area contributed by atoms with Crippen molar-refractivity contribution in [2.24, 2.45) is 5.73 Å². The number of amides is 2. The number of benzene rings is 2. The number of carbonyl (C=O) groups is 3. The van der Waals surface area contributed by atoms with Crippen molar-refractivity contribution in [3.63, 3.8) is 0 Å². The van der Waals surface area contributed by atoms with Crippen molar-refractivity contribution in [2.45, 2.75) is 44.8 Å². The van der Waals surface area contributed by atoms with Gasteiger partial charge in [-0.15, -0.1) is 0 Å². The molecular formula is C27H38N4O4S. The predicted octanol–water partition coefficient (Wildman–Crippen LogP) is 2.39. The zero-order chi connectivity index (χ0) is 25.9. The molecule has 9 heteroatoms. The first-order valence-corrected chi connectivity index (χ1v) is 14.0. The molecular weight excluding hydrogens is 476 g/mol. The van der Waals surface area contributed by atoms with E-state index in [0.29, 0.717) is 26.1 Å². The Kier molecular flexibility index (Phi) is 11.0. The summed E-state index contributed by atoms with van der Waals surface area (Å²) in [6.45, 7) is 3.91. The van der Waals surface area contributed by atoms with Crippen LogP contribution in [0.25, 0.3) is 10.8 Å². The van der Waals surface area contributed by atoms with E-state index in [9.17, 15) is 14.4 Å². The van der Waals surface area contributed by atoms with E-state index in [4.69, 9.17) is 10.5 Å². The minimum absolute atomic E-state index is 0.00108. The van der Waals surface area contributed by atoms with E-state index in [0.717, 1.165) is 34.9 Å². The van der Waals surface area contributed by atoms with Gasteiger partial charge in [0.15, 0.2) is 0 Å². The molecule has 2 amide bonds. The molecule has 196 valence electrons. The molecule has 3 N–H and O–H groups in total. The molecule has 1 aliphatic rings. The standard InChI is InChI=1S/C27H38N4O4S/c1-3-35-27(34)24(13-15-36-2)29-25(32)19-30(18-22-11-7-14-31(22)26(33)16-28)17-21-10-6-9-20-8-4-5-12-23(20)21/h4-6,8-10,12,22,24H,3,7,11,13-19,28H2,1-2H3,(H,29,32)/t22-,24-/m0/s1. The van der Waals surface area contributed by atoms with E-state index in [1.54, 1.807) is 18.7 Å². The smallest absolute Gasteiger partial charge is 0.328 e. The second-order valence-corrected chi connectivity index (χ2v) is 10.0. The fourth-order valence-electron chi connectivity index (χ4n) is 4.80. The molecule has 1 fully saturated rings. The fraction of sp³-hybridized carbons (Fsp3) is 0.519. The van der Waals surface area contributed by atoms with E-state index < -0.39 is 12.0 Å². The molecule has 3 rings (SSSR count). The molecule has 0 saturated carbocycles. The summed E-state index contributed by atoms with van der Waals surface area (Å²) >= 11 is 1.62. The maximum atomic E-state index is 13.2. The van der Waals surface area contributed by atoms with Gasteiger partial charge in [0.2, 0.25) is 11.8 Å². The number of nitrogens with zero attached hydrogens (tertiary/aromatic N) is 2. The first-order chi connectivity index (χ1) is 17.5. The number of thioether (sulfide) groups is 1. The molecule has 2 aromatic rings. The second kappa shape index (κ2) is 14.2. The normalized spacial score (nSPS) is 16.3. The fourth-order valence-corrected chi connectivity index (χ4v) is 5.27. The first kappa shape index (κ1) is 28.0. The Balaban J connectivity index is 1.79. The van der Waals surface area contributed by atoms with Crippen LogP contribution in [0.1, 0.15) is 31.7 Å². The van der Waals surface area contributed by atoms with Crippen molar-refractivity contribution in [1.29, 1.82) is 0 Å². The van der Waals surface area contributed by atoms with Crippen LogP contribution >= 0.6 is 11.8 Å². The summed E-state index contributed by atoms with van der Waals surface area (Å²) in [5.74, 6) is 0.0356. The number of esters is 1. The first-order valence-electron chi connectivity index (χ1n) is 12.6. The third kappa shape index (κ3) is 7.69. The van der Waals surface area contributed by atoms with Gasteiger partial charge in [0, 0.05) is 25.7 Å². The van der Waals surface area contributed by atoms with Gasteiger partial charge in [0.05, 0.1) is 19.7 Å². The van der Waals surface area contributed by atoms with E-state index in [-0.39, 0.29) is 37.6 Å². The average Bonchev–Trinajstić information content (AvgIpc) is 3.34. The maximum absolute atomic E-state index is 13.2. The Morgan fingerprint density at radius 1 is 1.22 bits per heavy atom. The van der Waals surface area contributed by atoms with Gasteiger partial charge in [-0.2, -0.15) is 11.8 Å². The lowest BCUT2D eigenvalue weighted by molar-refractivity contribution is -0.147. The van der Waals surface area contributed by atoms with Crippen LogP contribution in [0, 0.1) is 0 Å². The molecule has 0 aromatic heterocycles. The van der Waals surface area contributed by atoms with Crippen molar-refractivity contribution in [3.05, 3.63) is 48.0 Å². The molecule has 8 nitrogen and oxygen atoms in total. The van der Waals surface area contributed by atoms with Gasteiger partial charge < -0.3 is 20.7 Å². The number of fused-ring (bicyclic) bond motifs is 1. The van der Waals surface area contributed by atoms with Crippen molar-refractivity contribution in [3.8, 4) is 0 Å². The highest BCUT2D eigenvalue weighted by Gasteiger charge is 2.31. The maximum Gasteiger partial charge on any atom is 0.328 e. The zero-order valence-corrected chi connectivity index (χ0v) is 22.1. The van der Waals surface area contributed by atoms with Gasteiger partial charge in [0.1, 0.15) is 6.04 Å². The number of hydrogen-bond acceptors (Lipinski definition) is 7. The summed E-state index contributed by atoms with van der Waals surface area (Å²) in [6.07, 6.45) is 4.27. The van der Waals surface area contributed by atoms with Gasteiger partial charge in [-0.3, -0.25) is 14.5 Å². The number of nitrogens with two attached hydrogens (primary N) is 1. The summed E-state index contributed by atoms with van der Waals surface area (Å²) in [7, 11) is 0. The Bertz CT molecular complexity index is 1030. The minimum atomic E-state index is -0.675. The molecule has 1 saturated heterocycles. The third-order valence-electron chi connectivity index (χ3n) is 6.50.